The maximum absolute atomic E-state index is 5.30. The number of fused-ring (bicyclic) bond motifs is 2. The molecule has 0 radical (unpaired) electrons. The van der Waals surface area contributed by atoms with E-state index in [2.05, 4.69) is 34.8 Å². The van der Waals surface area contributed by atoms with Gasteiger partial charge in [0.1, 0.15) is 11.6 Å². The number of nitrogens with one attached hydrogen (secondary N) is 1. The molecule has 0 atom stereocenters. The molecule has 5 nitrogen and oxygen atoms in total. The Hall–Kier alpha value is -3.25. The van der Waals surface area contributed by atoms with Crippen LogP contribution in [0.25, 0.3) is 33.5 Å². The Labute approximate surface area is 166 Å². The number of H-pyrrole nitrogens is 1. The number of para-hydroxylation sites is 2. The van der Waals surface area contributed by atoms with Crippen molar-refractivity contribution in [1.82, 2.24) is 19.5 Å². The number of hydrogen-bond acceptors (Lipinski definition) is 4. The van der Waals surface area contributed by atoms with Gasteiger partial charge >= 0.3 is 0 Å². The second-order valence-corrected chi connectivity index (χ2v) is 7.54. The minimum Gasteiger partial charge on any atom is -0.497 e. The molecule has 5 aromatic rings. The van der Waals surface area contributed by atoms with Crippen molar-refractivity contribution in [3.05, 3.63) is 66.7 Å². The normalized spacial score (nSPS) is 11.4. The topological polar surface area (TPSA) is 55.7 Å². The molecule has 5 rings (SSSR count). The van der Waals surface area contributed by atoms with Gasteiger partial charge in [0.15, 0.2) is 5.16 Å². The summed E-state index contributed by atoms with van der Waals surface area (Å²) in [5.41, 5.74) is 5.08. The Morgan fingerprint density at radius 2 is 1.75 bits per heavy atom. The molecule has 0 aliphatic carbocycles. The molecular formula is C22H18N4OS. The second kappa shape index (κ2) is 6.73. The van der Waals surface area contributed by atoms with E-state index in [9.17, 15) is 0 Å². The van der Waals surface area contributed by atoms with Gasteiger partial charge in [-0.3, -0.25) is 0 Å². The largest absolute Gasteiger partial charge is 0.497 e. The first-order valence-electron chi connectivity index (χ1n) is 8.95. The molecule has 0 saturated heterocycles. The summed E-state index contributed by atoms with van der Waals surface area (Å²) >= 11 is 1.61. The summed E-state index contributed by atoms with van der Waals surface area (Å²) in [6.45, 7) is 0. The van der Waals surface area contributed by atoms with Gasteiger partial charge < -0.3 is 14.3 Å². The third-order valence-corrected chi connectivity index (χ3v) is 5.75. The molecule has 0 aliphatic rings. The minimum atomic E-state index is 0.802. The molecule has 3 aromatic carbocycles. The van der Waals surface area contributed by atoms with Crippen LogP contribution in [-0.4, -0.2) is 26.6 Å². The Balaban J connectivity index is 1.57. The molecule has 0 aliphatic heterocycles. The number of nitrogens with zero attached hydrogens (tertiary/aromatic N) is 3. The number of imidazole rings is 2. The van der Waals surface area contributed by atoms with Gasteiger partial charge in [-0.25, -0.2) is 9.97 Å². The summed E-state index contributed by atoms with van der Waals surface area (Å²) in [6.07, 6.45) is 0. The second-order valence-electron chi connectivity index (χ2n) is 6.51. The van der Waals surface area contributed by atoms with E-state index >= 15 is 0 Å². The fraction of sp³-hybridized carbons (Fsp3) is 0.0909. The maximum Gasteiger partial charge on any atom is 0.171 e. The number of aromatic amines is 1. The summed E-state index contributed by atoms with van der Waals surface area (Å²) in [7, 11) is 3.72. The number of aryl methyl sites for hydroxylation is 1. The van der Waals surface area contributed by atoms with E-state index in [0.29, 0.717) is 0 Å². The molecule has 28 heavy (non-hydrogen) atoms. The molecule has 138 valence electrons. The van der Waals surface area contributed by atoms with Crippen LogP contribution in [0, 0.1) is 0 Å². The van der Waals surface area contributed by atoms with Gasteiger partial charge in [-0.15, -0.1) is 0 Å². The van der Waals surface area contributed by atoms with Crippen LogP contribution in [0.5, 0.6) is 5.75 Å². The molecule has 0 amide bonds. The number of hydrogen-bond donors (Lipinski definition) is 1. The van der Waals surface area contributed by atoms with Crippen LogP contribution in [-0.2, 0) is 7.05 Å². The van der Waals surface area contributed by atoms with Crippen LogP contribution < -0.4 is 4.74 Å². The molecule has 2 heterocycles. The third-order valence-electron chi connectivity index (χ3n) is 4.79. The Morgan fingerprint density at radius 1 is 0.929 bits per heavy atom. The standard InChI is InChI=1S/C22H18N4OS/c1-26-19-9-5-4-8-17(19)23-21(26)15-7-3-6-10-20(15)28-22-24-16-12-11-14(27-2)13-18(16)25-22/h3-13H,1-2H3,(H,24,25). The quantitative estimate of drug-likeness (QED) is 0.457. The molecular weight excluding hydrogens is 368 g/mol. The SMILES string of the molecule is COc1ccc2[nH]c(Sc3ccccc3-c3nc4ccccc4n3C)nc2c1. The molecule has 0 bridgehead atoms. The zero-order valence-electron chi connectivity index (χ0n) is 15.5. The van der Waals surface area contributed by atoms with Gasteiger partial charge in [0.2, 0.25) is 0 Å². The lowest BCUT2D eigenvalue weighted by atomic mass is 10.2. The van der Waals surface area contributed by atoms with Crippen LogP contribution in [0.3, 0.4) is 0 Å². The smallest absolute Gasteiger partial charge is 0.171 e. The average Bonchev–Trinajstić information content (AvgIpc) is 3.28. The van der Waals surface area contributed by atoms with Crippen molar-refractivity contribution >= 4 is 33.8 Å². The highest BCUT2D eigenvalue weighted by Crippen LogP contribution is 2.36. The molecule has 2 aromatic heterocycles. The molecule has 1 N–H and O–H groups in total. The van der Waals surface area contributed by atoms with Crippen LogP contribution in [0.15, 0.2) is 76.8 Å². The van der Waals surface area contributed by atoms with Crippen molar-refractivity contribution in [2.24, 2.45) is 7.05 Å². The zero-order chi connectivity index (χ0) is 19.1. The molecule has 0 unspecified atom stereocenters. The summed E-state index contributed by atoms with van der Waals surface area (Å²) < 4.78 is 7.43. The fourth-order valence-corrected chi connectivity index (χ4v) is 4.30. The Morgan fingerprint density at radius 3 is 2.61 bits per heavy atom. The van der Waals surface area contributed by atoms with E-state index in [0.717, 1.165) is 49.3 Å². The molecule has 0 fully saturated rings. The lowest BCUT2D eigenvalue weighted by Gasteiger charge is -2.08. The minimum absolute atomic E-state index is 0.802. The number of aromatic nitrogens is 4. The van der Waals surface area contributed by atoms with Crippen molar-refractivity contribution < 1.29 is 4.74 Å². The van der Waals surface area contributed by atoms with Gasteiger partial charge in [-0.1, -0.05) is 42.1 Å². The van der Waals surface area contributed by atoms with Crippen molar-refractivity contribution in [3.63, 3.8) is 0 Å². The van der Waals surface area contributed by atoms with Crippen molar-refractivity contribution in [3.8, 4) is 17.1 Å². The maximum atomic E-state index is 5.30. The Kier molecular flexibility index (Phi) is 4.06. The zero-order valence-corrected chi connectivity index (χ0v) is 16.3. The Bertz CT molecular complexity index is 1300. The van der Waals surface area contributed by atoms with Crippen molar-refractivity contribution in [1.29, 1.82) is 0 Å². The molecule has 0 spiro atoms. The summed E-state index contributed by atoms with van der Waals surface area (Å²) in [5.74, 6) is 1.75. The third kappa shape index (κ3) is 2.82. The predicted octanol–water partition coefficient (Wildman–Crippen LogP) is 5.28. The number of benzene rings is 3. The fourth-order valence-electron chi connectivity index (χ4n) is 3.37. The van der Waals surface area contributed by atoms with Crippen LogP contribution in [0.1, 0.15) is 0 Å². The highest BCUT2D eigenvalue weighted by Gasteiger charge is 2.15. The van der Waals surface area contributed by atoms with E-state index < -0.39 is 0 Å². The summed E-state index contributed by atoms with van der Waals surface area (Å²) in [5, 5.41) is 0.842. The first-order valence-corrected chi connectivity index (χ1v) is 9.77. The van der Waals surface area contributed by atoms with E-state index in [1.807, 2.05) is 48.5 Å². The van der Waals surface area contributed by atoms with E-state index in [1.54, 1.807) is 18.9 Å². The van der Waals surface area contributed by atoms with Crippen LogP contribution >= 0.6 is 11.8 Å². The molecule has 0 saturated carbocycles. The van der Waals surface area contributed by atoms with Gasteiger partial charge in [0.05, 0.1) is 29.2 Å². The van der Waals surface area contributed by atoms with E-state index in [4.69, 9.17) is 14.7 Å². The van der Waals surface area contributed by atoms with Gasteiger partial charge in [0, 0.05) is 23.6 Å². The van der Waals surface area contributed by atoms with Gasteiger partial charge in [-0.2, -0.15) is 0 Å². The van der Waals surface area contributed by atoms with E-state index in [1.165, 1.54) is 0 Å². The van der Waals surface area contributed by atoms with Gasteiger partial charge in [0.25, 0.3) is 0 Å². The molecule has 6 heteroatoms. The highest BCUT2D eigenvalue weighted by atomic mass is 32.2. The highest BCUT2D eigenvalue weighted by molar-refractivity contribution is 7.99. The number of methoxy groups -OCH3 is 1. The predicted molar refractivity (Wildman–Crippen MR) is 113 cm³/mol. The number of ether oxygens (including phenoxy) is 1. The summed E-state index contributed by atoms with van der Waals surface area (Å²) in [6, 6.07) is 22.3. The van der Waals surface area contributed by atoms with Gasteiger partial charge in [-0.05, 0) is 30.3 Å². The van der Waals surface area contributed by atoms with Crippen molar-refractivity contribution in [2.45, 2.75) is 10.1 Å². The van der Waals surface area contributed by atoms with Crippen LogP contribution in [0.4, 0.5) is 0 Å². The van der Waals surface area contributed by atoms with E-state index in [-0.39, 0.29) is 0 Å². The number of rotatable bonds is 4. The monoisotopic (exact) mass is 386 g/mol. The average molecular weight is 386 g/mol. The van der Waals surface area contributed by atoms with Crippen molar-refractivity contribution in [2.75, 3.05) is 7.11 Å². The van der Waals surface area contributed by atoms with Crippen LogP contribution in [0.2, 0.25) is 0 Å². The first-order chi connectivity index (χ1) is 13.7. The first kappa shape index (κ1) is 16.9. The lowest BCUT2D eigenvalue weighted by Crippen LogP contribution is -1.94. The lowest BCUT2D eigenvalue weighted by molar-refractivity contribution is 0.415. The summed E-state index contributed by atoms with van der Waals surface area (Å²) in [4.78, 5) is 14.1.